The summed E-state index contributed by atoms with van der Waals surface area (Å²) in [4.78, 5) is 24.5. The van der Waals surface area contributed by atoms with Crippen molar-refractivity contribution in [1.82, 2.24) is 20.3 Å². The fourth-order valence-corrected chi connectivity index (χ4v) is 4.21. The second-order valence-electron chi connectivity index (χ2n) is 7.98. The Kier molecular flexibility index (Phi) is 5.51. The highest BCUT2D eigenvalue weighted by Crippen LogP contribution is 2.30. The molecule has 2 heterocycles. The smallest absolute Gasteiger partial charge is 0.335 e. The van der Waals surface area contributed by atoms with E-state index in [1.807, 2.05) is 25.1 Å². The number of aromatic nitrogens is 3. The molecule has 2 aromatic heterocycles. The first-order valence-corrected chi connectivity index (χ1v) is 10.9. The predicted molar refractivity (Wildman–Crippen MR) is 127 cm³/mol. The molecule has 1 amide bonds. The van der Waals surface area contributed by atoms with E-state index in [4.69, 9.17) is 21.2 Å². The van der Waals surface area contributed by atoms with Crippen LogP contribution in [0.5, 0.6) is 0 Å². The summed E-state index contributed by atoms with van der Waals surface area (Å²) in [5.74, 6) is -1.31. The van der Waals surface area contributed by atoms with E-state index in [2.05, 4.69) is 15.6 Å². The van der Waals surface area contributed by atoms with Gasteiger partial charge in [0.25, 0.3) is 5.91 Å². The fourth-order valence-electron chi connectivity index (χ4n) is 3.99. The van der Waals surface area contributed by atoms with Crippen molar-refractivity contribution in [2.24, 2.45) is 0 Å². The summed E-state index contributed by atoms with van der Waals surface area (Å²) in [7, 11) is 0. The monoisotopic (exact) mass is 474 g/mol. The minimum Gasteiger partial charge on any atom is -0.478 e. The van der Waals surface area contributed by atoms with Crippen molar-refractivity contribution in [3.8, 4) is 0 Å². The summed E-state index contributed by atoms with van der Waals surface area (Å²) in [5.41, 5.74) is 3.45. The van der Waals surface area contributed by atoms with E-state index >= 15 is 0 Å². The van der Waals surface area contributed by atoms with Crippen molar-refractivity contribution in [3.05, 3.63) is 94.3 Å². The first-order valence-electron chi connectivity index (χ1n) is 10.5. The number of aromatic carboxylic acids is 1. The second-order valence-corrected chi connectivity index (χ2v) is 8.41. The van der Waals surface area contributed by atoms with Crippen LogP contribution in [0, 0.1) is 0 Å². The fraction of sp³-hybridized carbons (Fsp3) is 0.120. The van der Waals surface area contributed by atoms with Crippen LogP contribution < -0.4 is 5.32 Å². The number of benzene rings is 3. The maximum atomic E-state index is 13.4. The number of carboxylic acids is 1. The lowest BCUT2D eigenvalue weighted by Crippen LogP contribution is -2.27. The molecule has 0 unspecified atom stereocenters. The highest BCUT2D eigenvalue weighted by atomic mass is 35.5. The normalized spacial score (nSPS) is 12.2. The molecule has 8 nitrogen and oxygen atoms in total. The van der Waals surface area contributed by atoms with E-state index in [0.717, 1.165) is 21.9 Å². The van der Waals surface area contributed by atoms with Gasteiger partial charge in [-0.05, 0) is 48.4 Å². The van der Waals surface area contributed by atoms with Gasteiger partial charge in [0.15, 0.2) is 5.58 Å². The second kappa shape index (κ2) is 8.64. The molecule has 0 saturated heterocycles. The lowest BCUT2D eigenvalue weighted by Gasteiger charge is -2.16. The maximum absolute atomic E-state index is 13.4. The van der Waals surface area contributed by atoms with Gasteiger partial charge in [0.2, 0.25) is 0 Å². The first-order chi connectivity index (χ1) is 16.4. The van der Waals surface area contributed by atoms with Crippen LogP contribution in [0.2, 0.25) is 5.02 Å². The first kappa shape index (κ1) is 21.7. The van der Waals surface area contributed by atoms with Gasteiger partial charge in [-0.25, -0.2) is 4.79 Å². The zero-order valence-corrected chi connectivity index (χ0v) is 18.8. The van der Waals surface area contributed by atoms with Gasteiger partial charge in [0, 0.05) is 10.4 Å². The summed E-state index contributed by atoms with van der Waals surface area (Å²) in [5, 5.41) is 22.6. The molecular formula is C25H19ClN4O4. The zero-order valence-electron chi connectivity index (χ0n) is 18.0. The van der Waals surface area contributed by atoms with Gasteiger partial charge < -0.3 is 14.9 Å². The highest BCUT2D eigenvalue weighted by molar-refractivity contribution is 6.30. The largest absolute Gasteiger partial charge is 0.478 e. The number of rotatable bonds is 6. The summed E-state index contributed by atoms with van der Waals surface area (Å²) in [6.07, 6.45) is 3.31. The molecule has 34 heavy (non-hydrogen) atoms. The summed E-state index contributed by atoms with van der Waals surface area (Å²) in [6, 6.07) is 15.2. The summed E-state index contributed by atoms with van der Waals surface area (Å²) < 4.78 is 7.10. The minimum atomic E-state index is -1.00. The molecule has 0 spiro atoms. The standard InChI is InChI=1S/C25H19ClN4O4/c1-14(16-5-7-17(8-6-16)25(32)33)29-24(31)19-10-22-20(12-28-34-22)21-11-27-30(23(19)21)13-15-3-2-4-18(26)9-15/h2-12,14H,13H2,1H3,(H,29,31)(H,32,33)/t14-/m0/s1. The van der Waals surface area contributed by atoms with Crippen LogP contribution in [0.1, 0.15) is 44.8 Å². The SMILES string of the molecule is C[C@H](NC(=O)c1cc2oncc2c2cnn(Cc3cccc(Cl)c3)c12)c1ccc(C(=O)O)cc1. The van der Waals surface area contributed by atoms with Gasteiger partial charge in [-0.2, -0.15) is 5.10 Å². The molecule has 1 atom stereocenters. The number of carbonyl (C=O) groups is 2. The van der Waals surface area contributed by atoms with Crippen molar-refractivity contribution in [2.45, 2.75) is 19.5 Å². The van der Waals surface area contributed by atoms with Crippen LogP contribution in [0.3, 0.4) is 0 Å². The number of nitrogens with one attached hydrogen (secondary N) is 1. The number of carbonyl (C=O) groups excluding carboxylic acids is 1. The van der Waals surface area contributed by atoms with Crippen LogP contribution in [-0.2, 0) is 6.54 Å². The molecule has 0 radical (unpaired) electrons. The number of halogens is 1. The third kappa shape index (κ3) is 3.99. The van der Waals surface area contributed by atoms with E-state index < -0.39 is 5.97 Å². The number of amides is 1. The Balaban J connectivity index is 1.52. The van der Waals surface area contributed by atoms with Gasteiger partial charge >= 0.3 is 5.97 Å². The number of carboxylic acid groups (broad SMARTS) is 1. The van der Waals surface area contributed by atoms with E-state index in [-0.39, 0.29) is 17.5 Å². The Morgan fingerprint density at radius 2 is 1.91 bits per heavy atom. The molecule has 0 aliphatic heterocycles. The number of hydrogen-bond acceptors (Lipinski definition) is 5. The summed E-state index contributed by atoms with van der Waals surface area (Å²) in [6.45, 7) is 2.26. The average Bonchev–Trinajstić information content (AvgIpc) is 3.45. The molecule has 0 bridgehead atoms. The van der Waals surface area contributed by atoms with Crippen molar-refractivity contribution < 1.29 is 19.2 Å². The molecule has 5 aromatic rings. The van der Waals surface area contributed by atoms with Gasteiger partial charge in [-0.15, -0.1) is 0 Å². The Bertz CT molecular complexity index is 1540. The van der Waals surface area contributed by atoms with Crippen molar-refractivity contribution in [3.63, 3.8) is 0 Å². The number of hydrogen-bond donors (Lipinski definition) is 2. The quantitative estimate of drug-likeness (QED) is 0.355. The molecule has 5 rings (SSSR count). The third-order valence-corrected chi connectivity index (χ3v) is 5.96. The Labute approximate surface area is 198 Å². The maximum Gasteiger partial charge on any atom is 0.335 e. The summed E-state index contributed by atoms with van der Waals surface area (Å²) >= 11 is 6.14. The van der Waals surface area contributed by atoms with E-state index in [9.17, 15) is 9.59 Å². The molecule has 0 saturated carbocycles. The topological polar surface area (TPSA) is 110 Å². The highest BCUT2D eigenvalue weighted by Gasteiger charge is 2.21. The Hall–Kier alpha value is -4.17. The zero-order chi connectivity index (χ0) is 23.8. The lowest BCUT2D eigenvalue weighted by atomic mass is 10.0. The molecule has 0 aliphatic rings. The predicted octanol–water partition coefficient (Wildman–Crippen LogP) is 5.07. The Morgan fingerprint density at radius 1 is 1.12 bits per heavy atom. The van der Waals surface area contributed by atoms with Crippen molar-refractivity contribution in [2.75, 3.05) is 0 Å². The molecule has 0 aliphatic carbocycles. The van der Waals surface area contributed by atoms with Gasteiger partial charge in [-0.1, -0.05) is 41.0 Å². The van der Waals surface area contributed by atoms with E-state index in [1.165, 1.54) is 12.1 Å². The minimum absolute atomic E-state index is 0.185. The van der Waals surface area contributed by atoms with Crippen molar-refractivity contribution >= 4 is 45.3 Å². The van der Waals surface area contributed by atoms with E-state index in [0.29, 0.717) is 28.2 Å². The number of fused-ring (bicyclic) bond motifs is 3. The van der Waals surface area contributed by atoms with Crippen molar-refractivity contribution in [1.29, 1.82) is 0 Å². The van der Waals surface area contributed by atoms with Crippen LogP contribution in [0.25, 0.3) is 21.9 Å². The average molecular weight is 475 g/mol. The molecular weight excluding hydrogens is 456 g/mol. The van der Waals surface area contributed by atoms with Crippen LogP contribution in [-0.4, -0.2) is 31.9 Å². The molecule has 9 heteroatoms. The van der Waals surface area contributed by atoms with Crippen LogP contribution >= 0.6 is 11.6 Å². The van der Waals surface area contributed by atoms with Gasteiger partial charge in [0.1, 0.15) is 0 Å². The molecule has 0 fully saturated rings. The molecule has 3 aromatic carbocycles. The number of nitrogens with zero attached hydrogens (tertiary/aromatic N) is 3. The third-order valence-electron chi connectivity index (χ3n) is 5.73. The van der Waals surface area contributed by atoms with Crippen LogP contribution in [0.4, 0.5) is 0 Å². The van der Waals surface area contributed by atoms with Gasteiger partial charge in [0.05, 0.1) is 47.0 Å². The lowest BCUT2D eigenvalue weighted by molar-refractivity contribution is 0.0696. The van der Waals surface area contributed by atoms with Gasteiger partial charge in [-0.3, -0.25) is 9.48 Å². The molecule has 170 valence electrons. The van der Waals surface area contributed by atoms with Crippen LogP contribution in [0.15, 0.2) is 71.5 Å². The molecule has 2 N–H and O–H groups in total. The Morgan fingerprint density at radius 3 is 2.65 bits per heavy atom. The van der Waals surface area contributed by atoms with E-state index in [1.54, 1.807) is 41.3 Å².